The van der Waals surface area contributed by atoms with Gasteiger partial charge in [0.2, 0.25) is 0 Å². The number of hydrogen-bond donors (Lipinski definition) is 0. The summed E-state index contributed by atoms with van der Waals surface area (Å²) >= 11 is 12.1. The van der Waals surface area contributed by atoms with E-state index in [-0.39, 0.29) is 5.02 Å². The minimum absolute atomic E-state index is 0.0608. The second-order valence-electron chi connectivity index (χ2n) is 4.41. The van der Waals surface area contributed by atoms with E-state index in [1.807, 2.05) is 0 Å². The highest BCUT2D eigenvalue weighted by atomic mass is 35.5. The zero-order valence-corrected chi connectivity index (χ0v) is 11.9. The molecular weight excluding hydrogens is 302 g/mol. The molecule has 0 aliphatic carbocycles. The summed E-state index contributed by atoms with van der Waals surface area (Å²) in [5.41, 5.74) is 1.08. The fraction of sp³-hybridized carbons (Fsp3) is 0.200. The van der Waals surface area contributed by atoms with Crippen LogP contribution in [0.15, 0.2) is 36.4 Å². The molecule has 0 radical (unpaired) electrons. The Kier molecular flexibility index (Phi) is 3.72. The number of alkyl halides is 1. The van der Waals surface area contributed by atoms with E-state index in [9.17, 15) is 4.39 Å². The lowest BCUT2D eigenvalue weighted by atomic mass is 10.0. The molecule has 0 saturated carbocycles. The van der Waals surface area contributed by atoms with Crippen LogP contribution in [0.5, 0.6) is 11.5 Å². The molecule has 1 atom stereocenters. The van der Waals surface area contributed by atoms with Crippen molar-refractivity contribution in [1.82, 2.24) is 0 Å². The Labute approximate surface area is 126 Å². The van der Waals surface area contributed by atoms with E-state index in [1.54, 1.807) is 30.3 Å². The highest BCUT2D eigenvalue weighted by Gasteiger charge is 2.20. The van der Waals surface area contributed by atoms with Gasteiger partial charge in [-0.2, -0.15) is 0 Å². The molecular formula is C15H11Cl2FO2. The van der Waals surface area contributed by atoms with E-state index in [2.05, 4.69) is 0 Å². The molecule has 0 amide bonds. The molecule has 2 aromatic rings. The fourth-order valence-corrected chi connectivity index (χ4v) is 2.60. The van der Waals surface area contributed by atoms with Crippen molar-refractivity contribution in [3.63, 3.8) is 0 Å². The van der Waals surface area contributed by atoms with Crippen LogP contribution in [0.25, 0.3) is 0 Å². The Hall–Kier alpha value is -1.45. The van der Waals surface area contributed by atoms with Crippen LogP contribution in [0.1, 0.15) is 16.5 Å². The second-order valence-corrected chi connectivity index (χ2v) is 5.25. The first kappa shape index (κ1) is 13.5. The number of benzene rings is 2. The summed E-state index contributed by atoms with van der Waals surface area (Å²) in [6.07, 6.45) is 0. The number of ether oxygens (including phenoxy) is 2. The molecule has 5 heteroatoms. The Balaban J connectivity index is 1.98. The van der Waals surface area contributed by atoms with Crippen molar-refractivity contribution in [2.24, 2.45) is 0 Å². The number of rotatable bonds is 2. The summed E-state index contributed by atoms with van der Waals surface area (Å²) in [5.74, 6) is 0.807. The van der Waals surface area contributed by atoms with Gasteiger partial charge in [-0.05, 0) is 23.8 Å². The van der Waals surface area contributed by atoms with E-state index in [1.165, 1.54) is 6.07 Å². The maximum absolute atomic E-state index is 14.0. The van der Waals surface area contributed by atoms with Crippen LogP contribution < -0.4 is 9.47 Å². The Morgan fingerprint density at radius 1 is 1.05 bits per heavy atom. The van der Waals surface area contributed by atoms with E-state index >= 15 is 0 Å². The Bertz CT molecular complexity index is 646. The molecule has 1 heterocycles. The molecule has 0 saturated heterocycles. The van der Waals surface area contributed by atoms with Crippen LogP contribution in [-0.4, -0.2) is 13.2 Å². The van der Waals surface area contributed by atoms with Crippen molar-refractivity contribution in [1.29, 1.82) is 0 Å². The monoisotopic (exact) mass is 312 g/mol. The van der Waals surface area contributed by atoms with Crippen molar-refractivity contribution in [3.8, 4) is 11.5 Å². The highest BCUT2D eigenvalue weighted by molar-refractivity contribution is 6.31. The van der Waals surface area contributed by atoms with Gasteiger partial charge in [0.05, 0.1) is 10.4 Å². The summed E-state index contributed by atoms with van der Waals surface area (Å²) in [5, 5.41) is -0.574. The van der Waals surface area contributed by atoms with E-state index in [4.69, 9.17) is 32.7 Å². The van der Waals surface area contributed by atoms with E-state index < -0.39 is 11.2 Å². The van der Waals surface area contributed by atoms with Gasteiger partial charge in [0.25, 0.3) is 0 Å². The molecule has 1 aliphatic heterocycles. The van der Waals surface area contributed by atoms with Crippen molar-refractivity contribution in [2.45, 2.75) is 5.38 Å². The first-order valence-corrected chi connectivity index (χ1v) is 6.96. The summed E-state index contributed by atoms with van der Waals surface area (Å²) in [4.78, 5) is 0. The lowest BCUT2D eigenvalue weighted by Crippen LogP contribution is -2.15. The molecule has 0 aromatic heterocycles. The molecule has 3 rings (SSSR count). The van der Waals surface area contributed by atoms with Gasteiger partial charge in [-0.3, -0.25) is 0 Å². The highest BCUT2D eigenvalue weighted by Crippen LogP contribution is 2.38. The number of halogens is 3. The zero-order valence-electron chi connectivity index (χ0n) is 10.4. The largest absolute Gasteiger partial charge is 0.486 e. The molecule has 20 heavy (non-hydrogen) atoms. The van der Waals surface area contributed by atoms with Gasteiger partial charge in [0.15, 0.2) is 11.5 Å². The van der Waals surface area contributed by atoms with Crippen molar-refractivity contribution >= 4 is 23.2 Å². The number of hydrogen-bond acceptors (Lipinski definition) is 2. The van der Waals surface area contributed by atoms with Gasteiger partial charge in [-0.1, -0.05) is 29.8 Å². The third-order valence-corrected chi connectivity index (χ3v) is 3.89. The van der Waals surface area contributed by atoms with Crippen LogP contribution in [0.2, 0.25) is 5.02 Å². The Morgan fingerprint density at radius 3 is 2.60 bits per heavy atom. The topological polar surface area (TPSA) is 18.5 Å². The first-order chi connectivity index (χ1) is 9.66. The van der Waals surface area contributed by atoms with E-state index in [0.29, 0.717) is 30.3 Å². The molecule has 1 aliphatic rings. The lowest BCUT2D eigenvalue weighted by Gasteiger charge is -2.20. The quantitative estimate of drug-likeness (QED) is 0.756. The van der Waals surface area contributed by atoms with Crippen LogP contribution >= 0.6 is 23.2 Å². The van der Waals surface area contributed by atoms with Gasteiger partial charge >= 0.3 is 0 Å². The smallest absolute Gasteiger partial charge is 0.161 e. The predicted molar refractivity (Wildman–Crippen MR) is 76.5 cm³/mol. The summed E-state index contributed by atoms with van der Waals surface area (Å²) in [7, 11) is 0. The predicted octanol–water partition coefficient (Wildman–Crippen LogP) is 4.58. The normalized spacial score (nSPS) is 14.9. The third kappa shape index (κ3) is 2.43. The van der Waals surface area contributed by atoms with Crippen LogP contribution in [0.4, 0.5) is 4.39 Å². The molecule has 2 aromatic carbocycles. The van der Waals surface area contributed by atoms with E-state index in [0.717, 1.165) is 5.56 Å². The lowest BCUT2D eigenvalue weighted by molar-refractivity contribution is 0.171. The molecule has 104 valence electrons. The maximum Gasteiger partial charge on any atom is 0.161 e. The third-order valence-electron chi connectivity index (χ3n) is 3.11. The second kappa shape index (κ2) is 5.51. The van der Waals surface area contributed by atoms with Gasteiger partial charge < -0.3 is 9.47 Å². The molecule has 0 spiro atoms. The first-order valence-electron chi connectivity index (χ1n) is 6.14. The number of fused-ring (bicyclic) bond motifs is 1. The standard InChI is InChI=1S/C15H11Cl2FO2/c16-11-3-1-2-10(15(11)18)14(17)9-4-5-12-13(8-9)20-7-6-19-12/h1-5,8,14H,6-7H2. The maximum atomic E-state index is 14.0. The van der Waals surface area contributed by atoms with Gasteiger partial charge in [0, 0.05) is 5.56 Å². The minimum Gasteiger partial charge on any atom is -0.486 e. The van der Waals surface area contributed by atoms with Crippen LogP contribution in [0, 0.1) is 5.82 Å². The van der Waals surface area contributed by atoms with Gasteiger partial charge in [-0.15, -0.1) is 11.6 Å². The molecule has 1 unspecified atom stereocenters. The van der Waals surface area contributed by atoms with Crippen molar-refractivity contribution in [3.05, 3.63) is 58.4 Å². The van der Waals surface area contributed by atoms with Crippen molar-refractivity contribution < 1.29 is 13.9 Å². The average molecular weight is 313 g/mol. The minimum atomic E-state index is -0.635. The molecule has 0 fully saturated rings. The average Bonchev–Trinajstić information content (AvgIpc) is 2.49. The fourth-order valence-electron chi connectivity index (χ4n) is 2.11. The van der Waals surface area contributed by atoms with Crippen molar-refractivity contribution in [2.75, 3.05) is 13.2 Å². The summed E-state index contributed by atoms with van der Waals surface area (Å²) < 4.78 is 24.9. The van der Waals surface area contributed by atoms with Crippen LogP contribution in [-0.2, 0) is 0 Å². The zero-order chi connectivity index (χ0) is 14.1. The van der Waals surface area contributed by atoms with Crippen LogP contribution in [0.3, 0.4) is 0 Å². The molecule has 0 N–H and O–H groups in total. The Morgan fingerprint density at radius 2 is 1.80 bits per heavy atom. The SMILES string of the molecule is Fc1c(Cl)cccc1C(Cl)c1ccc2c(c1)OCCO2. The molecule has 0 bridgehead atoms. The molecule has 2 nitrogen and oxygen atoms in total. The van der Waals surface area contributed by atoms with Gasteiger partial charge in [-0.25, -0.2) is 4.39 Å². The summed E-state index contributed by atoms with van der Waals surface area (Å²) in [6, 6.07) is 10.1. The summed E-state index contributed by atoms with van der Waals surface area (Å²) in [6.45, 7) is 1.02. The van der Waals surface area contributed by atoms with Gasteiger partial charge in [0.1, 0.15) is 19.0 Å².